The number of methoxy groups -OCH3 is 1. The number of aryl methyl sites for hydroxylation is 1. The molecule has 3 heterocycles. The number of aromatic amines is 1. The van der Waals surface area contributed by atoms with E-state index in [4.69, 9.17) is 10.5 Å². The Hall–Kier alpha value is -3.52. The van der Waals surface area contributed by atoms with E-state index in [1.807, 2.05) is 24.4 Å². The summed E-state index contributed by atoms with van der Waals surface area (Å²) in [6, 6.07) is 7.86. The Labute approximate surface area is 162 Å². The van der Waals surface area contributed by atoms with Crippen molar-refractivity contribution in [3.8, 4) is 22.5 Å². The summed E-state index contributed by atoms with van der Waals surface area (Å²) < 4.78 is 5.04. The van der Waals surface area contributed by atoms with Gasteiger partial charge in [0.2, 0.25) is 5.95 Å². The number of fused-ring (bicyclic) bond motifs is 1. The van der Waals surface area contributed by atoms with Gasteiger partial charge in [0.25, 0.3) is 0 Å². The van der Waals surface area contributed by atoms with Gasteiger partial charge in [-0.3, -0.25) is 10.1 Å². The highest BCUT2D eigenvalue weighted by atomic mass is 16.5. The predicted octanol–water partition coefficient (Wildman–Crippen LogP) is 3.03. The second kappa shape index (κ2) is 7.61. The molecule has 0 aliphatic carbocycles. The molecule has 0 unspecified atom stereocenters. The molecule has 4 aromatic rings. The Bertz CT molecular complexity index is 1120. The number of hydrogen-bond acceptors (Lipinski definition) is 7. The van der Waals surface area contributed by atoms with E-state index in [1.54, 1.807) is 19.5 Å². The molecular weight excluding hydrogens is 354 g/mol. The van der Waals surface area contributed by atoms with Gasteiger partial charge in [0, 0.05) is 30.8 Å². The van der Waals surface area contributed by atoms with Crippen molar-refractivity contribution in [1.82, 2.24) is 25.1 Å². The molecule has 4 N–H and O–H groups in total. The van der Waals surface area contributed by atoms with E-state index < -0.39 is 0 Å². The number of nitrogen functional groups attached to an aromatic ring is 1. The molecule has 0 atom stereocenters. The van der Waals surface area contributed by atoms with Crippen LogP contribution >= 0.6 is 0 Å². The number of rotatable bonds is 6. The topological polar surface area (TPSA) is 115 Å². The van der Waals surface area contributed by atoms with Crippen molar-refractivity contribution in [2.24, 2.45) is 0 Å². The highest BCUT2D eigenvalue weighted by Crippen LogP contribution is 2.36. The van der Waals surface area contributed by atoms with Crippen LogP contribution in [-0.4, -0.2) is 45.4 Å². The van der Waals surface area contributed by atoms with Gasteiger partial charge in [0.15, 0.2) is 0 Å². The number of nitrogens with two attached hydrogens (primary N) is 1. The molecule has 4 rings (SSSR count). The monoisotopic (exact) mass is 375 g/mol. The van der Waals surface area contributed by atoms with Gasteiger partial charge in [0.05, 0.1) is 41.6 Å². The average molecular weight is 375 g/mol. The molecule has 0 bridgehead atoms. The molecule has 0 saturated heterocycles. The SMILES string of the molecule is COCCNc1nccc(-c2cc(-c3c(C)ccc4[nH]ncc34)c(N)cn2)n1. The second-order valence-corrected chi connectivity index (χ2v) is 6.43. The molecule has 0 aliphatic heterocycles. The van der Waals surface area contributed by atoms with Crippen LogP contribution in [0.25, 0.3) is 33.4 Å². The molecule has 8 nitrogen and oxygen atoms in total. The highest BCUT2D eigenvalue weighted by Gasteiger charge is 2.14. The molecule has 1 aromatic carbocycles. The fourth-order valence-corrected chi connectivity index (χ4v) is 3.16. The van der Waals surface area contributed by atoms with E-state index in [1.165, 1.54) is 0 Å². The van der Waals surface area contributed by atoms with Gasteiger partial charge in [-0.15, -0.1) is 0 Å². The quantitative estimate of drug-likeness (QED) is 0.444. The zero-order valence-corrected chi connectivity index (χ0v) is 15.7. The normalized spacial score (nSPS) is 11.1. The first-order chi connectivity index (χ1) is 13.7. The lowest BCUT2D eigenvalue weighted by Crippen LogP contribution is -2.10. The molecule has 0 fully saturated rings. The number of aromatic nitrogens is 5. The fourth-order valence-electron chi connectivity index (χ4n) is 3.16. The van der Waals surface area contributed by atoms with Gasteiger partial charge in [-0.1, -0.05) is 6.07 Å². The number of hydrogen-bond donors (Lipinski definition) is 3. The van der Waals surface area contributed by atoms with Crippen LogP contribution in [0.4, 0.5) is 11.6 Å². The lowest BCUT2D eigenvalue weighted by Gasteiger charge is -2.12. The van der Waals surface area contributed by atoms with Crippen LogP contribution in [0.3, 0.4) is 0 Å². The summed E-state index contributed by atoms with van der Waals surface area (Å²) in [6.45, 7) is 3.26. The minimum Gasteiger partial charge on any atom is -0.397 e. The van der Waals surface area contributed by atoms with Crippen LogP contribution in [-0.2, 0) is 4.74 Å². The van der Waals surface area contributed by atoms with Gasteiger partial charge in [-0.05, 0) is 36.2 Å². The minimum absolute atomic E-state index is 0.530. The van der Waals surface area contributed by atoms with Crippen molar-refractivity contribution in [2.45, 2.75) is 6.92 Å². The summed E-state index contributed by atoms with van der Waals surface area (Å²) in [7, 11) is 1.65. The van der Waals surface area contributed by atoms with E-state index in [0.717, 1.165) is 33.3 Å². The largest absolute Gasteiger partial charge is 0.397 e. The third-order valence-corrected chi connectivity index (χ3v) is 4.54. The first-order valence-corrected chi connectivity index (χ1v) is 8.92. The van der Waals surface area contributed by atoms with Gasteiger partial charge in [-0.2, -0.15) is 5.10 Å². The lowest BCUT2D eigenvalue weighted by atomic mass is 9.95. The van der Waals surface area contributed by atoms with Crippen molar-refractivity contribution in [1.29, 1.82) is 0 Å². The van der Waals surface area contributed by atoms with Crippen LogP contribution in [0.15, 0.2) is 42.9 Å². The summed E-state index contributed by atoms with van der Waals surface area (Å²) in [6.07, 6.45) is 5.19. The summed E-state index contributed by atoms with van der Waals surface area (Å²) >= 11 is 0. The molecule has 142 valence electrons. The summed E-state index contributed by atoms with van der Waals surface area (Å²) in [5, 5.41) is 11.3. The molecule has 0 spiro atoms. The van der Waals surface area contributed by atoms with Gasteiger partial charge >= 0.3 is 0 Å². The summed E-state index contributed by atoms with van der Waals surface area (Å²) in [5.74, 6) is 0.530. The van der Waals surface area contributed by atoms with E-state index in [2.05, 4.69) is 43.5 Å². The minimum atomic E-state index is 0.530. The van der Waals surface area contributed by atoms with E-state index in [-0.39, 0.29) is 0 Å². The van der Waals surface area contributed by atoms with Crippen LogP contribution in [0.1, 0.15) is 5.56 Å². The predicted molar refractivity (Wildman–Crippen MR) is 110 cm³/mol. The number of nitrogens with zero attached hydrogens (tertiary/aromatic N) is 4. The number of benzene rings is 1. The first-order valence-electron chi connectivity index (χ1n) is 8.92. The third kappa shape index (κ3) is 3.37. The van der Waals surface area contributed by atoms with Crippen molar-refractivity contribution in [2.75, 3.05) is 31.3 Å². The van der Waals surface area contributed by atoms with Crippen molar-refractivity contribution in [3.05, 3.63) is 48.4 Å². The smallest absolute Gasteiger partial charge is 0.223 e. The molecule has 0 amide bonds. The molecule has 0 saturated carbocycles. The molecular formula is C20H21N7O. The van der Waals surface area contributed by atoms with Gasteiger partial charge < -0.3 is 15.8 Å². The van der Waals surface area contributed by atoms with Crippen molar-refractivity contribution >= 4 is 22.5 Å². The van der Waals surface area contributed by atoms with Crippen LogP contribution in [0.2, 0.25) is 0 Å². The lowest BCUT2D eigenvalue weighted by molar-refractivity contribution is 0.210. The Morgan fingerprint density at radius 2 is 2.04 bits per heavy atom. The Kier molecular flexibility index (Phi) is 4.86. The summed E-state index contributed by atoms with van der Waals surface area (Å²) in [4.78, 5) is 13.3. The zero-order chi connectivity index (χ0) is 19.5. The fraction of sp³-hybridized carbons (Fsp3) is 0.200. The van der Waals surface area contributed by atoms with E-state index in [0.29, 0.717) is 30.5 Å². The Morgan fingerprint density at radius 1 is 1.14 bits per heavy atom. The number of nitrogens with one attached hydrogen (secondary N) is 2. The summed E-state index contributed by atoms with van der Waals surface area (Å²) in [5.41, 5.74) is 12.4. The van der Waals surface area contributed by atoms with E-state index >= 15 is 0 Å². The van der Waals surface area contributed by atoms with Crippen LogP contribution in [0.5, 0.6) is 0 Å². The molecule has 3 aromatic heterocycles. The maximum atomic E-state index is 6.29. The van der Waals surface area contributed by atoms with Crippen LogP contribution in [0, 0.1) is 6.92 Å². The number of pyridine rings is 1. The third-order valence-electron chi connectivity index (χ3n) is 4.54. The number of ether oxygens (including phenoxy) is 1. The van der Waals surface area contributed by atoms with E-state index in [9.17, 15) is 0 Å². The number of anilines is 2. The van der Waals surface area contributed by atoms with Gasteiger partial charge in [-0.25, -0.2) is 9.97 Å². The van der Waals surface area contributed by atoms with Crippen molar-refractivity contribution < 1.29 is 4.74 Å². The standard InChI is InChI=1S/C20H21N7O/c1-12-3-4-16-14(10-25-27-16)19(12)13-9-18(24-11-15(13)21)17-5-6-22-20(26-17)23-7-8-28-2/h3-6,9-11H,7-8,21H2,1-2H3,(H,25,27)(H,22,23,26). The van der Waals surface area contributed by atoms with Crippen LogP contribution < -0.4 is 11.1 Å². The maximum Gasteiger partial charge on any atom is 0.223 e. The molecule has 0 aliphatic rings. The van der Waals surface area contributed by atoms with Gasteiger partial charge in [0.1, 0.15) is 0 Å². The van der Waals surface area contributed by atoms with Crippen molar-refractivity contribution in [3.63, 3.8) is 0 Å². The molecule has 28 heavy (non-hydrogen) atoms. The average Bonchev–Trinajstić information content (AvgIpc) is 3.18. The second-order valence-electron chi connectivity index (χ2n) is 6.43. The highest BCUT2D eigenvalue weighted by molar-refractivity contribution is 5.99. The zero-order valence-electron chi connectivity index (χ0n) is 15.7. The first kappa shape index (κ1) is 17.9. The maximum absolute atomic E-state index is 6.29. The Morgan fingerprint density at radius 3 is 2.89 bits per heavy atom. The molecule has 8 heteroatoms. The Balaban J connectivity index is 1.77. The molecule has 0 radical (unpaired) electrons. The number of H-pyrrole nitrogens is 1.